The van der Waals surface area contributed by atoms with E-state index in [0.29, 0.717) is 5.69 Å². The van der Waals surface area contributed by atoms with Crippen molar-refractivity contribution in [2.75, 3.05) is 5.32 Å². The largest absolute Gasteiger partial charge is 0.325 e. The zero-order valence-electron chi connectivity index (χ0n) is 8.19. The molecule has 0 saturated heterocycles. The molecule has 1 amide bonds. The lowest BCUT2D eigenvalue weighted by molar-refractivity contribution is -0.115. The van der Waals surface area contributed by atoms with E-state index in [0.717, 1.165) is 0 Å². The van der Waals surface area contributed by atoms with Gasteiger partial charge in [-0.3, -0.25) is 4.79 Å². The third-order valence-electron chi connectivity index (χ3n) is 1.78. The molecular formula is C11H6N4O. The second kappa shape index (κ2) is 5.14. The zero-order chi connectivity index (χ0) is 12.0. The van der Waals surface area contributed by atoms with Crippen molar-refractivity contribution in [3.63, 3.8) is 0 Å². The number of benzene rings is 1. The Labute approximate surface area is 92.1 Å². The van der Waals surface area contributed by atoms with E-state index in [9.17, 15) is 4.79 Å². The molecule has 0 aromatic heterocycles. The standard InChI is InChI=1S/C11H6N4O/c12-4-3-11(16)15-10-2-1-8(6-13)9(5-10)7-14/h1-2,5H,3H2,(H,15,16). The molecule has 5 nitrogen and oxygen atoms in total. The van der Waals surface area contributed by atoms with Crippen LogP contribution >= 0.6 is 0 Å². The van der Waals surface area contributed by atoms with E-state index < -0.39 is 5.91 Å². The fourth-order valence-electron chi connectivity index (χ4n) is 1.09. The Morgan fingerprint density at radius 1 is 1.19 bits per heavy atom. The first-order valence-corrected chi connectivity index (χ1v) is 4.32. The van der Waals surface area contributed by atoms with Gasteiger partial charge in [0, 0.05) is 5.69 Å². The molecule has 1 aromatic rings. The zero-order valence-corrected chi connectivity index (χ0v) is 8.19. The van der Waals surface area contributed by atoms with E-state index in [4.69, 9.17) is 15.8 Å². The summed E-state index contributed by atoms with van der Waals surface area (Å²) in [4.78, 5) is 11.1. The molecule has 0 radical (unpaired) electrons. The van der Waals surface area contributed by atoms with E-state index in [2.05, 4.69) is 5.32 Å². The summed E-state index contributed by atoms with van der Waals surface area (Å²) < 4.78 is 0. The van der Waals surface area contributed by atoms with Gasteiger partial charge in [-0.05, 0) is 18.2 Å². The van der Waals surface area contributed by atoms with E-state index in [1.165, 1.54) is 18.2 Å². The lowest BCUT2D eigenvalue weighted by atomic mass is 10.1. The van der Waals surface area contributed by atoms with Gasteiger partial charge in [-0.1, -0.05) is 0 Å². The van der Waals surface area contributed by atoms with Crippen molar-refractivity contribution in [1.29, 1.82) is 15.8 Å². The van der Waals surface area contributed by atoms with Crippen LogP contribution in [0.2, 0.25) is 0 Å². The molecule has 0 atom stereocenters. The van der Waals surface area contributed by atoms with Crippen LogP contribution in [-0.4, -0.2) is 5.91 Å². The first kappa shape index (κ1) is 11.2. The number of hydrogen-bond donors (Lipinski definition) is 1. The Kier molecular flexibility index (Phi) is 3.61. The predicted octanol–water partition coefficient (Wildman–Crippen LogP) is 1.28. The first-order valence-electron chi connectivity index (χ1n) is 4.32. The average molecular weight is 210 g/mol. The van der Waals surface area contributed by atoms with Crippen LogP contribution in [0.5, 0.6) is 0 Å². The molecule has 0 bridgehead atoms. The van der Waals surface area contributed by atoms with Crippen molar-refractivity contribution >= 4 is 11.6 Å². The van der Waals surface area contributed by atoms with Gasteiger partial charge < -0.3 is 5.32 Å². The van der Waals surface area contributed by atoms with E-state index in [1.54, 1.807) is 6.07 Å². The van der Waals surface area contributed by atoms with Crippen molar-refractivity contribution in [1.82, 2.24) is 0 Å². The topological polar surface area (TPSA) is 100 Å². The highest BCUT2D eigenvalue weighted by Gasteiger charge is 2.05. The van der Waals surface area contributed by atoms with Crippen molar-refractivity contribution in [3.8, 4) is 18.2 Å². The number of nitrogens with zero attached hydrogens (tertiary/aromatic N) is 3. The van der Waals surface area contributed by atoms with E-state index in [-0.39, 0.29) is 17.5 Å². The van der Waals surface area contributed by atoms with Crippen LogP contribution in [0.1, 0.15) is 17.5 Å². The maximum absolute atomic E-state index is 11.1. The van der Waals surface area contributed by atoms with Gasteiger partial charge in [-0.2, -0.15) is 15.8 Å². The Morgan fingerprint density at radius 3 is 2.44 bits per heavy atom. The summed E-state index contributed by atoms with van der Waals surface area (Å²) in [7, 11) is 0. The van der Waals surface area contributed by atoms with Crippen molar-refractivity contribution in [2.24, 2.45) is 0 Å². The van der Waals surface area contributed by atoms with Gasteiger partial charge in [-0.15, -0.1) is 0 Å². The molecule has 0 fully saturated rings. The van der Waals surface area contributed by atoms with Crippen molar-refractivity contribution < 1.29 is 4.79 Å². The minimum absolute atomic E-state index is 0.192. The number of anilines is 1. The van der Waals surface area contributed by atoms with Crippen molar-refractivity contribution in [2.45, 2.75) is 6.42 Å². The molecule has 0 aliphatic rings. The van der Waals surface area contributed by atoms with Crippen LogP contribution in [0.15, 0.2) is 18.2 Å². The first-order chi connectivity index (χ1) is 7.71. The summed E-state index contributed by atoms with van der Waals surface area (Å²) in [5, 5.41) is 28.2. The number of nitrogens with one attached hydrogen (secondary N) is 1. The second-order valence-corrected chi connectivity index (χ2v) is 2.87. The van der Waals surface area contributed by atoms with Gasteiger partial charge in [0.1, 0.15) is 18.6 Å². The summed E-state index contributed by atoms with van der Waals surface area (Å²) in [5.41, 5.74) is 0.842. The smallest absolute Gasteiger partial charge is 0.238 e. The molecule has 0 heterocycles. The maximum Gasteiger partial charge on any atom is 0.238 e. The van der Waals surface area contributed by atoms with E-state index >= 15 is 0 Å². The van der Waals surface area contributed by atoms with Crippen LogP contribution in [0.25, 0.3) is 0 Å². The van der Waals surface area contributed by atoms with Crippen LogP contribution < -0.4 is 5.32 Å². The molecule has 0 spiro atoms. The summed E-state index contributed by atoms with van der Waals surface area (Å²) >= 11 is 0. The van der Waals surface area contributed by atoms with Gasteiger partial charge >= 0.3 is 0 Å². The fraction of sp³-hybridized carbons (Fsp3) is 0.0909. The lowest BCUT2D eigenvalue weighted by Crippen LogP contribution is -2.10. The lowest BCUT2D eigenvalue weighted by Gasteiger charge is -2.03. The fourth-order valence-corrected chi connectivity index (χ4v) is 1.09. The molecule has 0 aliphatic heterocycles. The Balaban J connectivity index is 2.95. The Bertz CT molecular complexity index is 543. The number of carbonyl (C=O) groups excluding carboxylic acids is 1. The number of amides is 1. The monoisotopic (exact) mass is 210 g/mol. The Morgan fingerprint density at radius 2 is 1.88 bits per heavy atom. The van der Waals surface area contributed by atoms with Crippen molar-refractivity contribution in [3.05, 3.63) is 29.3 Å². The van der Waals surface area contributed by atoms with Gasteiger partial charge in [0.2, 0.25) is 5.91 Å². The van der Waals surface area contributed by atoms with Gasteiger partial charge in [0.15, 0.2) is 0 Å². The molecule has 5 heteroatoms. The van der Waals surface area contributed by atoms with Gasteiger partial charge in [0.05, 0.1) is 17.2 Å². The minimum Gasteiger partial charge on any atom is -0.325 e. The quantitative estimate of drug-likeness (QED) is 0.794. The minimum atomic E-state index is -0.448. The summed E-state index contributed by atoms with van der Waals surface area (Å²) in [6.07, 6.45) is -0.248. The molecule has 76 valence electrons. The van der Waals surface area contributed by atoms with Crippen LogP contribution in [0, 0.1) is 34.0 Å². The highest BCUT2D eigenvalue weighted by molar-refractivity contribution is 5.92. The third-order valence-corrected chi connectivity index (χ3v) is 1.78. The molecule has 0 unspecified atom stereocenters. The summed E-state index contributed by atoms with van der Waals surface area (Å²) in [6, 6.07) is 9.78. The number of carbonyl (C=O) groups is 1. The van der Waals surface area contributed by atoms with Gasteiger partial charge in [-0.25, -0.2) is 0 Å². The highest BCUT2D eigenvalue weighted by Crippen LogP contribution is 2.14. The van der Waals surface area contributed by atoms with E-state index in [1.807, 2.05) is 12.1 Å². The summed E-state index contributed by atoms with van der Waals surface area (Å²) in [6.45, 7) is 0. The number of rotatable bonds is 2. The SMILES string of the molecule is N#CCC(=O)Nc1ccc(C#N)c(C#N)c1. The molecule has 16 heavy (non-hydrogen) atoms. The number of nitriles is 3. The molecule has 0 saturated carbocycles. The average Bonchev–Trinajstić information content (AvgIpc) is 2.29. The maximum atomic E-state index is 11.1. The van der Waals surface area contributed by atoms with Crippen LogP contribution in [-0.2, 0) is 4.79 Å². The molecule has 1 N–H and O–H groups in total. The van der Waals surface area contributed by atoms with Crippen LogP contribution in [0.3, 0.4) is 0 Å². The third kappa shape index (κ3) is 2.57. The van der Waals surface area contributed by atoms with Gasteiger partial charge in [0.25, 0.3) is 0 Å². The number of hydrogen-bond acceptors (Lipinski definition) is 4. The molecule has 1 rings (SSSR count). The van der Waals surface area contributed by atoms with Crippen LogP contribution in [0.4, 0.5) is 5.69 Å². The summed E-state index contributed by atoms with van der Waals surface area (Å²) in [5.74, 6) is -0.448. The highest BCUT2D eigenvalue weighted by atomic mass is 16.1. The predicted molar refractivity (Wildman–Crippen MR) is 54.7 cm³/mol. The molecule has 1 aromatic carbocycles. The second-order valence-electron chi connectivity index (χ2n) is 2.87. The normalized spacial score (nSPS) is 8.31. The Hall–Kier alpha value is -2.84. The molecular weight excluding hydrogens is 204 g/mol. The molecule has 0 aliphatic carbocycles.